The van der Waals surface area contributed by atoms with Crippen LogP contribution in [0.15, 0.2) is 73.1 Å². The zero-order valence-corrected chi connectivity index (χ0v) is 41.6. The van der Waals surface area contributed by atoms with Crippen LogP contribution in [0.2, 0.25) is 10.0 Å². The number of nitrogens with one attached hydrogen (secondary N) is 2. The molecule has 11 rings (SSSR count). The van der Waals surface area contributed by atoms with Crippen LogP contribution in [0.3, 0.4) is 0 Å². The number of hydrogen-bond donors (Lipinski definition) is 4. The second-order valence-electron chi connectivity index (χ2n) is 20.7. The molecule has 5 fully saturated rings. The third-order valence-corrected chi connectivity index (χ3v) is 16.8. The number of aromatic nitrogens is 2. The monoisotopic (exact) mass is 1010 g/mol. The van der Waals surface area contributed by atoms with E-state index in [9.17, 15) is 23.8 Å². The van der Waals surface area contributed by atoms with Crippen molar-refractivity contribution in [2.75, 3.05) is 49.9 Å². The number of pyridine rings is 2. The van der Waals surface area contributed by atoms with E-state index < -0.39 is 23.1 Å². The third-order valence-electron chi connectivity index (χ3n) is 16.3. The van der Waals surface area contributed by atoms with Crippen molar-refractivity contribution in [1.82, 2.24) is 19.8 Å². The van der Waals surface area contributed by atoms with Crippen molar-refractivity contribution in [1.29, 1.82) is 0 Å². The van der Waals surface area contributed by atoms with Crippen LogP contribution in [0, 0.1) is 29.4 Å². The van der Waals surface area contributed by atoms with Crippen molar-refractivity contribution in [3.63, 3.8) is 0 Å². The Kier molecular flexibility index (Phi) is 14.5. The molecule has 3 aliphatic carbocycles. The van der Waals surface area contributed by atoms with E-state index in [1.54, 1.807) is 12.1 Å². The molecule has 9 nitrogen and oxygen atoms in total. The molecule has 368 valence electrons. The van der Waals surface area contributed by atoms with E-state index in [0.29, 0.717) is 23.0 Å². The average Bonchev–Trinajstić information content (AvgIpc) is 3.61. The van der Waals surface area contributed by atoms with E-state index in [1.165, 1.54) is 64.0 Å². The number of anilines is 2. The van der Waals surface area contributed by atoms with E-state index in [0.717, 1.165) is 126 Å². The van der Waals surface area contributed by atoms with Gasteiger partial charge in [0.1, 0.15) is 6.29 Å². The van der Waals surface area contributed by atoms with Crippen LogP contribution in [-0.2, 0) is 4.79 Å². The van der Waals surface area contributed by atoms with Crippen LogP contribution in [0.25, 0.3) is 44.1 Å². The Morgan fingerprint density at radius 1 is 0.586 bits per heavy atom. The highest BCUT2D eigenvalue weighted by atomic mass is 35.5. The summed E-state index contributed by atoms with van der Waals surface area (Å²) in [5.41, 5.74) is 7.83. The van der Waals surface area contributed by atoms with Gasteiger partial charge in [0.25, 0.3) is 0 Å². The highest BCUT2D eigenvalue weighted by molar-refractivity contribution is 6.32. The number of aldehydes is 1. The molecule has 5 aliphatic rings. The number of likely N-dealkylation sites (tertiary alicyclic amines) is 2. The first-order valence-corrected chi connectivity index (χ1v) is 26.0. The quantitative estimate of drug-likeness (QED) is 0.0840. The molecule has 2 aliphatic heterocycles. The number of benzene rings is 4. The normalized spacial score (nSPS) is 25.0. The standard InChI is InChI=1S/C56H60Cl2F2N6O3.ClH/c57-45-23-36(25-47(59)55(45)68)34-9-15-49-40(21-34)53(63-38-11-5-32(6-12-38)29-65-17-1-2-18-65)42(27-61-49)51-44(31-67)52(51)43-28-62-50-16-10-35(37-24-46(58)56(69)48(60)26-37)22-41(50)54(43)64-39-13-7-33(8-14-39)30-66-19-3-4-20-66;/h9-10,15-16,21-28,31-33,38-39,44,51-52,68-69H,1-8,11-14,17-20,29-30H2,(H,61,63)(H,62,64);1H. The second kappa shape index (κ2) is 20.7. The number of phenols is 2. The number of hydrogen-bond acceptors (Lipinski definition) is 9. The molecule has 6 aromatic rings. The zero-order valence-electron chi connectivity index (χ0n) is 39.3. The lowest BCUT2D eigenvalue weighted by molar-refractivity contribution is -0.109. The largest absolute Gasteiger partial charge is 0.504 e. The van der Waals surface area contributed by atoms with E-state index in [2.05, 4.69) is 20.4 Å². The molecule has 2 saturated heterocycles. The number of carbonyl (C=O) groups excluding carboxylic acids is 1. The molecule has 0 spiro atoms. The smallest absolute Gasteiger partial charge is 0.170 e. The number of phenolic OH excluding ortho intramolecular Hbond substituents is 2. The minimum Gasteiger partial charge on any atom is -0.504 e. The van der Waals surface area contributed by atoms with Crippen molar-refractivity contribution in [2.45, 2.75) is 101 Å². The topological polar surface area (TPSA) is 114 Å². The van der Waals surface area contributed by atoms with Gasteiger partial charge in [-0.15, -0.1) is 12.4 Å². The van der Waals surface area contributed by atoms with Gasteiger partial charge in [0.15, 0.2) is 23.1 Å². The molecule has 2 unspecified atom stereocenters. The van der Waals surface area contributed by atoms with Gasteiger partial charge in [0, 0.05) is 77.5 Å². The van der Waals surface area contributed by atoms with Crippen LogP contribution in [0.1, 0.15) is 100 Å². The van der Waals surface area contributed by atoms with Crippen molar-refractivity contribution in [3.8, 4) is 33.8 Å². The van der Waals surface area contributed by atoms with Crippen LogP contribution >= 0.6 is 35.6 Å². The number of aromatic hydroxyl groups is 2. The summed E-state index contributed by atoms with van der Waals surface area (Å²) in [6, 6.07) is 17.9. The minimum atomic E-state index is -0.794. The third kappa shape index (κ3) is 9.90. The summed E-state index contributed by atoms with van der Waals surface area (Å²) in [5.74, 6) is -2.22. The minimum absolute atomic E-state index is 0. The summed E-state index contributed by atoms with van der Waals surface area (Å²) in [4.78, 5) is 28.7. The van der Waals surface area contributed by atoms with E-state index in [-0.39, 0.29) is 52.3 Å². The summed E-state index contributed by atoms with van der Waals surface area (Å²) in [6.45, 7) is 7.11. The van der Waals surface area contributed by atoms with Gasteiger partial charge in [-0.1, -0.05) is 35.3 Å². The molecule has 4 N–H and O–H groups in total. The maximum absolute atomic E-state index is 14.9. The van der Waals surface area contributed by atoms with Gasteiger partial charge in [-0.2, -0.15) is 0 Å². The Hall–Kier alpha value is -4.78. The summed E-state index contributed by atoms with van der Waals surface area (Å²) in [7, 11) is 0. The second-order valence-corrected chi connectivity index (χ2v) is 21.5. The zero-order chi connectivity index (χ0) is 47.3. The molecule has 0 radical (unpaired) electrons. The molecule has 70 heavy (non-hydrogen) atoms. The van der Waals surface area contributed by atoms with E-state index >= 15 is 0 Å². The Bertz CT molecular complexity index is 2660. The molecule has 14 heteroatoms. The Labute approximate surface area is 424 Å². The summed E-state index contributed by atoms with van der Waals surface area (Å²) < 4.78 is 29.9. The van der Waals surface area contributed by atoms with Gasteiger partial charge in [-0.3, -0.25) is 9.97 Å². The summed E-state index contributed by atoms with van der Waals surface area (Å²) in [6.07, 6.45) is 18.7. The maximum Gasteiger partial charge on any atom is 0.170 e. The van der Waals surface area contributed by atoms with Gasteiger partial charge >= 0.3 is 0 Å². The summed E-state index contributed by atoms with van der Waals surface area (Å²) in [5, 5.41) is 30.0. The molecule has 0 bridgehead atoms. The first-order valence-electron chi connectivity index (χ1n) is 25.2. The van der Waals surface area contributed by atoms with Crippen molar-refractivity contribution in [3.05, 3.63) is 106 Å². The Balaban J connectivity index is 0.00000567. The Morgan fingerprint density at radius 2 is 0.986 bits per heavy atom. The number of carbonyl (C=O) groups is 1. The van der Waals surface area contributed by atoms with Crippen LogP contribution in [-0.4, -0.2) is 87.6 Å². The van der Waals surface area contributed by atoms with Gasteiger partial charge < -0.3 is 35.4 Å². The SMILES string of the molecule is Cl.O=CC1C(c2cnc3ccc(-c4cc(F)c(O)c(Cl)c4)cc3c2NC2CCC(CN3CCCC3)CC2)C1c1cnc2ccc(-c3cc(F)c(O)c(Cl)c3)cc2c1NC1CCC(CN2CCCC2)CC1. The predicted octanol–water partition coefficient (Wildman–Crippen LogP) is 13.4. The molecule has 3 saturated carbocycles. The molecule has 2 atom stereocenters. The number of rotatable bonds is 13. The van der Waals surface area contributed by atoms with Crippen LogP contribution < -0.4 is 10.6 Å². The molecule has 2 aromatic heterocycles. The highest BCUT2D eigenvalue weighted by Crippen LogP contribution is 2.63. The number of nitrogens with zero attached hydrogens (tertiary/aromatic N) is 4. The lowest BCUT2D eigenvalue weighted by Crippen LogP contribution is -2.33. The molecule has 4 aromatic carbocycles. The Morgan fingerprint density at radius 3 is 1.36 bits per heavy atom. The summed E-state index contributed by atoms with van der Waals surface area (Å²) >= 11 is 12.6. The van der Waals surface area contributed by atoms with Gasteiger partial charge in [-0.05, 0) is 197 Å². The number of halogens is 5. The first-order chi connectivity index (χ1) is 33.6. The molecular weight excluding hydrogens is 949 g/mol. The highest BCUT2D eigenvalue weighted by Gasteiger charge is 2.54. The fraction of sp³-hybridized carbons (Fsp3) is 0.446. The molecule has 0 amide bonds. The van der Waals surface area contributed by atoms with Crippen LogP contribution in [0.4, 0.5) is 20.2 Å². The van der Waals surface area contributed by atoms with Crippen molar-refractivity contribution < 1.29 is 23.8 Å². The van der Waals surface area contributed by atoms with Crippen molar-refractivity contribution in [2.24, 2.45) is 17.8 Å². The fourth-order valence-corrected chi connectivity index (χ4v) is 12.8. The first kappa shape index (κ1) is 48.8. The number of fused-ring (bicyclic) bond motifs is 2. The van der Waals surface area contributed by atoms with Crippen LogP contribution in [0.5, 0.6) is 11.5 Å². The van der Waals surface area contributed by atoms with Gasteiger partial charge in [0.05, 0.1) is 21.1 Å². The lowest BCUT2D eigenvalue weighted by Gasteiger charge is -2.33. The predicted molar refractivity (Wildman–Crippen MR) is 280 cm³/mol. The van der Waals surface area contributed by atoms with Gasteiger partial charge in [-0.25, -0.2) is 8.78 Å². The van der Waals surface area contributed by atoms with Crippen molar-refractivity contribution >= 4 is 75.1 Å². The maximum atomic E-state index is 14.9. The van der Waals surface area contributed by atoms with Gasteiger partial charge in [0.2, 0.25) is 0 Å². The average molecular weight is 1010 g/mol. The fourth-order valence-electron chi connectivity index (χ4n) is 12.4. The molecule has 4 heterocycles. The molecular formula is C56H61Cl3F2N6O3. The van der Waals surface area contributed by atoms with E-state index in [1.807, 2.05) is 48.8 Å². The lowest BCUT2D eigenvalue weighted by atomic mass is 9.85. The van der Waals surface area contributed by atoms with E-state index in [4.69, 9.17) is 33.2 Å².